The average molecular weight is 232 g/mol. The van der Waals surface area contributed by atoms with Gasteiger partial charge in [0, 0.05) is 5.92 Å². The Morgan fingerprint density at radius 2 is 2.12 bits per heavy atom. The van der Waals surface area contributed by atoms with Gasteiger partial charge in [0.1, 0.15) is 6.33 Å². The summed E-state index contributed by atoms with van der Waals surface area (Å²) in [6.07, 6.45) is 6.44. The predicted octanol–water partition coefficient (Wildman–Crippen LogP) is 1.40. The topological polar surface area (TPSA) is 82.0 Å². The van der Waals surface area contributed by atoms with Crippen molar-refractivity contribution in [3.63, 3.8) is 0 Å². The van der Waals surface area contributed by atoms with E-state index in [1.54, 1.807) is 4.52 Å². The summed E-state index contributed by atoms with van der Waals surface area (Å²) >= 11 is 0. The summed E-state index contributed by atoms with van der Waals surface area (Å²) in [5.41, 5.74) is 6.33. The molecule has 0 spiro atoms. The second-order valence-electron chi connectivity index (χ2n) is 4.81. The molecule has 1 aliphatic carbocycles. The maximum atomic E-state index is 5.76. The van der Waals surface area contributed by atoms with E-state index in [9.17, 15) is 0 Å². The molecule has 90 valence electrons. The zero-order chi connectivity index (χ0) is 11.8. The lowest BCUT2D eigenvalue weighted by Gasteiger charge is -2.26. The Morgan fingerprint density at radius 3 is 2.94 bits per heavy atom. The van der Waals surface area contributed by atoms with Crippen LogP contribution in [0.1, 0.15) is 44.3 Å². The van der Waals surface area contributed by atoms with Gasteiger partial charge in [0.2, 0.25) is 5.65 Å². The molecule has 2 aromatic rings. The number of nitrogens with zero attached hydrogens (tertiary/aromatic N) is 5. The van der Waals surface area contributed by atoms with Crippen LogP contribution in [0.4, 0.5) is 5.82 Å². The van der Waals surface area contributed by atoms with Crippen LogP contribution >= 0.6 is 0 Å². The highest BCUT2D eigenvalue weighted by Crippen LogP contribution is 2.36. The van der Waals surface area contributed by atoms with Crippen LogP contribution in [0.25, 0.3) is 5.65 Å². The monoisotopic (exact) mass is 232 g/mol. The van der Waals surface area contributed by atoms with E-state index in [-0.39, 0.29) is 0 Å². The first-order chi connectivity index (χ1) is 8.27. The van der Waals surface area contributed by atoms with Crippen molar-refractivity contribution in [3.05, 3.63) is 12.2 Å². The summed E-state index contributed by atoms with van der Waals surface area (Å²) in [5, 5.41) is 12.6. The first-order valence-electron chi connectivity index (χ1n) is 6.09. The molecule has 6 heteroatoms. The van der Waals surface area contributed by atoms with E-state index in [1.807, 2.05) is 0 Å². The van der Waals surface area contributed by atoms with Gasteiger partial charge < -0.3 is 5.73 Å². The molecular formula is C11H16N6. The van der Waals surface area contributed by atoms with Gasteiger partial charge in [0.15, 0.2) is 11.6 Å². The molecule has 0 amide bonds. The molecule has 2 heterocycles. The maximum Gasteiger partial charge on any atom is 0.220 e. The summed E-state index contributed by atoms with van der Waals surface area (Å²) in [6, 6.07) is 0. The number of nitrogens with two attached hydrogens (primary N) is 1. The Kier molecular flexibility index (Phi) is 2.42. The Balaban J connectivity index is 2.08. The molecule has 0 aliphatic heterocycles. The van der Waals surface area contributed by atoms with Gasteiger partial charge in [-0.3, -0.25) is 0 Å². The molecule has 6 nitrogen and oxygen atoms in total. The second-order valence-corrected chi connectivity index (χ2v) is 4.81. The van der Waals surface area contributed by atoms with E-state index in [0.717, 1.165) is 12.2 Å². The van der Waals surface area contributed by atoms with Crippen LogP contribution in [-0.4, -0.2) is 24.8 Å². The number of aromatic nitrogens is 5. The highest BCUT2D eigenvalue weighted by Gasteiger charge is 2.27. The molecule has 2 atom stereocenters. The van der Waals surface area contributed by atoms with Gasteiger partial charge in [-0.1, -0.05) is 26.2 Å². The molecular weight excluding hydrogens is 216 g/mol. The molecule has 1 fully saturated rings. The first-order valence-corrected chi connectivity index (χ1v) is 6.09. The molecule has 3 rings (SSSR count). The van der Waals surface area contributed by atoms with Crippen molar-refractivity contribution in [2.24, 2.45) is 5.92 Å². The number of fused-ring (bicyclic) bond motifs is 1. The van der Waals surface area contributed by atoms with Crippen molar-refractivity contribution in [1.82, 2.24) is 24.8 Å². The van der Waals surface area contributed by atoms with Crippen molar-refractivity contribution in [2.45, 2.75) is 38.5 Å². The third-order valence-corrected chi connectivity index (χ3v) is 3.70. The minimum Gasteiger partial charge on any atom is -0.380 e. The minimum atomic E-state index is 0.391. The van der Waals surface area contributed by atoms with E-state index >= 15 is 0 Å². The fourth-order valence-corrected chi connectivity index (χ4v) is 2.69. The quantitative estimate of drug-likeness (QED) is 0.803. The molecule has 17 heavy (non-hydrogen) atoms. The standard InChI is InChI=1S/C11H16N6/c1-7-4-2-3-5-8(7)10-15-16-11-9(12)13-6-14-17(10)11/h6-8H,2-5H2,1H3,(H2,12,13,14). The van der Waals surface area contributed by atoms with Gasteiger partial charge in [-0.05, 0) is 12.3 Å². The number of hydrogen-bond donors (Lipinski definition) is 1. The minimum absolute atomic E-state index is 0.391. The molecule has 2 N–H and O–H groups in total. The first kappa shape index (κ1) is 10.4. The third kappa shape index (κ3) is 1.64. The predicted molar refractivity (Wildman–Crippen MR) is 63.4 cm³/mol. The fourth-order valence-electron chi connectivity index (χ4n) is 2.69. The number of nitrogen functional groups attached to an aromatic ring is 1. The normalized spacial score (nSPS) is 25.2. The lowest BCUT2D eigenvalue weighted by Crippen LogP contribution is -2.18. The molecule has 2 aromatic heterocycles. The summed E-state index contributed by atoms with van der Waals surface area (Å²) in [6.45, 7) is 2.27. The molecule has 0 saturated heterocycles. The largest absolute Gasteiger partial charge is 0.380 e. The average Bonchev–Trinajstić information content (AvgIpc) is 2.75. The van der Waals surface area contributed by atoms with Crippen molar-refractivity contribution in [1.29, 1.82) is 0 Å². The zero-order valence-corrected chi connectivity index (χ0v) is 9.87. The molecule has 0 radical (unpaired) electrons. The maximum absolute atomic E-state index is 5.76. The summed E-state index contributed by atoms with van der Waals surface area (Å²) < 4.78 is 1.74. The van der Waals surface area contributed by atoms with Crippen LogP contribution in [0.5, 0.6) is 0 Å². The lowest BCUT2D eigenvalue weighted by atomic mass is 9.80. The highest BCUT2D eigenvalue weighted by atomic mass is 15.4. The Bertz CT molecular complexity index is 534. The van der Waals surface area contributed by atoms with Gasteiger partial charge in [-0.25, -0.2) is 4.98 Å². The van der Waals surface area contributed by atoms with Gasteiger partial charge in [0.25, 0.3) is 0 Å². The van der Waals surface area contributed by atoms with Crippen molar-refractivity contribution >= 4 is 11.5 Å². The lowest BCUT2D eigenvalue weighted by molar-refractivity contribution is 0.316. The van der Waals surface area contributed by atoms with Crippen LogP contribution < -0.4 is 5.73 Å². The molecule has 1 saturated carbocycles. The molecule has 0 aromatic carbocycles. The summed E-state index contributed by atoms with van der Waals surface area (Å²) in [4.78, 5) is 3.93. The molecule has 2 unspecified atom stereocenters. The number of rotatable bonds is 1. The van der Waals surface area contributed by atoms with Crippen LogP contribution in [-0.2, 0) is 0 Å². The molecule has 1 aliphatic rings. The van der Waals surface area contributed by atoms with Gasteiger partial charge in [0.05, 0.1) is 0 Å². The van der Waals surface area contributed by atoms with E-state index in [4.69, 9.17) is 5.73 Å². The van der Waals surface area contributed by atoms with E-state index in [1.165, 1.54) is 25.6 Å². The van der Waals surface area contributed by atoms with Crippen molar-refractivity contribution < 1.29 is 0 Å². The SMILES string of the molecule is CC1CCCCC1c1nnc2c(N)ncnn12. The van der Waals surface area contributed by atoms with E-state index < -0.39 is 0 Å². The number of hydrogen-bond acceptors (Lipinski definition) is 5. The third-order valence-electron chi connectivity index (χ3n) is 3.70. The number of anilines is 1. The Hall–Kier alpha value is -1.72. The Labute approximate surface area is 99.3 Å². The van der Waals surface area contributed by atoms with Crippen LogP contribution in [0.2, 0.25) is 0 Å². The van der Waals surface area contributed by atoms with Gasteiger partial charge >= 0.3 is 0 Å². The summed E-state index contributed by atoms with van der Waals surface area (Å²) in [5.74, 6) is 2.39. The van der Waals surface area contributed by atoms with E-state index in [0.29, 0.717) is 23.3 Å². The van der Waals surface area contributed by atoms with Gasteiger partial charge in [-0.15, -0.1) is 10.2 Å². The van der Waals surface area contributed by atoms with Crippen molar-refractivity contribution in [2.75, 3.05) is 5.73 Å². The molecule has 0 bridgehead atoms. The summed E-state index contributed by atoms with van der Waals surface area (Å²) in [7, 11) is 0. The second kappa shape index (κ2) is 3.94. The van der Waals surface area contributed by atoms with Crippen molar-refractivity contribution in [3.8, 4) is 0 Å². The zero-order valence-electron chi connectivity index (χ0n) is 9.87. The van der Waals surface area contributed by atoms with E-state index in [2.05, 4.69) is 27.2 Å². The van der Waals surface area contributed by atoms with Crippen LogP contribution in [0, 0.1) is 5.92 Å². The van der Waals surface area contributed by atoms with Crippen LogP contribution in [0.15, 0.2) is 6.33 Å². The van der Waals surface area contributed by atoms with Gasteiger partial charge in [-0.2, -0.15) is 9.61 Å². The fraction of sp³-hybridized carbons (Fsp3) is 0.636. The smallest absolute Gasteiger partial charge is 0.220 e. The highest BCUT2D eigenvalue weighted by molar-refractivity contribution is 5.57. The van der Waals surface area contributed by atoms with Crippen LogP contribution in [0.3, 0.4) is 0 Å². The Morgan fingerprint density at radius 1 is 1.29 bits per heavy atom.